The molecule has 1 saturated carbocycles. The van der Waals surface area contributed by atoms with Gasteiger partial charge in [0.1, 0.15) is 0 Å². The third-order valence-corrected chi connectivity index (χ3v) is 5.08. The molecule has 0 aliphatic heterocycles. The zero-order chi connectivity index (χ0) is 19.7. The number of hydrogen-bond donors (Lipinski definition) is 0. The van der Waals surface area contributed by atoms with Crippen LogP contribution in [0.4, 0.5) is 0 Å². The lowest BCUT2D eigenvalue weighted by molar-refractivity contribution is -0.139. The van der Waals surface area contributed by atoms with Crippen LogP contribution in [0.15, 0.2) is 40.9 Å². The van der Waals surface area contributed by atoms with Crippen molar-refractivity contribution >= 4 is 23.6 Å². The smallest absolute Gasteiger partial charge is 0.331 e. The standard InChI is InChI=1S/C21H20ClN3O3/c1-13-11-15(14(2)25(13)16-8-9-16)7-10-20(26)27-12-19-23-21(24-28-19)17-5-3-4-6-18(17)22/h3-7,10-11,16H,8-9,12H2,1-2H3/b10-7+. The van der Waals surface area contributed by atoms with Crippen LogP contribution in [0.1, 0.15) is 41.7 Å². The maximum Gasteiger partial charge on any atom is 0.331 e. The summed E-state index contributed by atoms with van der Waals surface area (Å²) in [5, 5.41) is 4.41. The van der Waals surface area contributed by atoms with Crippen molar-refractivity contribution in [3.05, 3.63) is 64.3 Å². The summed E-state index contributed by atoms with van der Waals surface area (Å²) in [7, 11) is 0. The van der Waals surface area contributed by atoms with Crippen molar-refractivity contribution in [1.82, 2.24) is 14.7 Å². The van der Waals surface area contributed by atoms with E-state index in [1.54, 1.807) is 18.2 Å². The molecule has 0 spiro atoms. The molecule has 28 heavy (non-hydrogen) atoms. The van der Waals surface area contributed by atoms with Crippen molar-refractivity contribution in [2.45, 2.75) is 39.3 Å². The molecular weight excluding hydrogens is 378 g/mol. The highest BCUT2D eigenvalue weighted by Gasteiger charge is 2.26. The molecule has 144 valence electrons. The van der Waals surface area contributed by atoms with Crippen molar-refractivity contribution in [2.24, 2.45) is 0 Å². The Morgan fingerprint density at radius 1 is 1.36 bits per heavy atom. The molecule has 2 heterocycles. The van der Waals surface area contributed by atoms with E-state index in [1.165, 1.54) is 30.3 Å². The lowest BCUT2D eigenvalue weighted by Crippen LogP contribution is -2.01. The highest BCUT2D eigenvalue weighted by Crippen LogP contribution is 2.38. The van der Waals surface area contributed by atoms with Crippen LogP contribution < -0.4 is 0 Å². The average Bonchev–Trinajstić information content (AvgIpc) is 3.32. The number of aromatic nitrogens is 3. The van der Waals surface area contributed by atoms with Gasteiger partial charge in [-0.25, -0.2) is 4.79 Å². The second-order valence-corrected chi connectivity index (χ2v) is 7.27. The Morgan fingerprint density at radius 3 is 2.89 bits per heavy atom. The van der Waals surface area contributed by atoms with E-state index in [-0.39, 0.29) is 12.5 Å². The van der Waals surface area contributed by atoms with E-state index in [9.17, 15) is 4.79 Å². The molecule has 6 nitrogen and oxygen atoms in total. The van der Waals surface area contributed by atoms with Gasteiger partial charge in [-0.15, -0.1) is 0 Å². The molecule has 0 radical (unpaired) electrons. The average molecular weight is 398 g/mol. The molecule has 0 atom stereocenters. The van der Waals surface area contributed by atoms with E-state index in [1.807, 2.05) is 12.1 Å². The summed E-state index contributed by atoms with van der Waals surface area (Å²) in [6, 6.07) is 9.90. The quantitative estimate of drug-likeness (QED) is 0.437. The van der Waals surface area contributed by atoms with Crippen LogP contribution in [0.5, 0.6) is 0 Å². The van der Waals surface area contributed by atoms with Gasteiger partial charge in [-0.05, 0) is 56.5 Å². The zero-order valence-corrected chi connectivity index (χ0v) is 16.4. The Labute approximate surface area is 167 Å². The molecule has 1 aliphatic carbocycles. The monoisotopic (exact) mass is 397 g/mol. The van der Waals surface area contributed by atoms with E-state index in [2.05, 4.69) is 34.6 Å². The minimum atomic E-state index is -0.464. The first-order valence-electron chi connectivity index (χ1n) is 9.13. The van der Waals surface area contributed by atoms with Gasteiger partial charge >= 0.3 is 5.97 Å². The number of nitrogens with zero attached hydrogens (tertiary/aromatic N) is 3. The highest BCUT2D eigenvalue weighted by atomic mass is 35.5. The van der Waals surface area contributed by atoms with Gasteiger partial charge in [0.15, 0.2) is 6.61 Å². The molecule has 0 bridgehead atoms. The van der Waals surface area contributed by atoms with Crippen LogP contribution in [0.25, 0.3) is 17.5 Å². The highest BCUT2D eigenvalue weighted by molar-refractivity contribution is 6.33. The van der Waals surface area contributed by atoms with Crippen LogP contribution in [0.2, 0.25) is 5.02 Å². The number of halogens is 1. The summed E-state index contributed by atoms with van der Waals surface area (Å²) in [6.45, 7) is 4.07. The maximum atomic E-state index is 12.0. The van der Waals surface area contributed by atoms with Gasteiger partial charge in [-0.1, -0.05) is 28.9 Å². The molecule has 1 aromatic carbocycles. The third kappa shape index (κ3) is 3.87. The number of hydrogen-bond acceptors (Lipinski definition) is 5. The second-order valence-electron chi connectivity index (χ2n) is 6.86. The van der Waals surface area contributed by atoms with Crippen molar-refractivity contribution in [2.75, 3.05) is 0 Å². The van der Waals surface area contributed by atoms with E-state index in [0.29, 0.717) is 22.5 Å². The van der Waals surface area contributed by atoms with Crippen LogP contribution in [-0.4, -0.2) is 20.7 Å². The Bertz CT molecular complexity index is 1050. The number of aryl methyl sites for hydroxylation is 1. The fourth-order valence-electron chi connectivity index (χ4n) is 3.27. The summed E-state index contributed by atoms with van der Waals surface area (Å²) >= 11 is 6.13. The molecule has 4 rings (SSSR count). The Kier molecular flexibility index (Phi) is 5.05. The summed E-state index contributed by atoms with van der Waals surface area (Å²) in [5.41, 5.74) is 4.08. The van der Waals surface area contributed by atoms with Crippen LogP contribution >= 0.6 is 11.6 Å². The molecule has 0 amide bonds. The summed E-state index contributed by atoms with van der Waals surface area (Å²) in [6.07, 6.45) is 5.65. The zero-order valence-electron chi connectivity index (χ0n) is 15.7. The van der Waals surface area contributed by atoms with E-state index < -0.39 is 5.97 Å². The summed E-state index contributed by atoms with van der Waals surface area (Å²) in [4.78, 5) is 16.3. The fraction of sp³-hybridized carbons (Fsp3) is 0.286. The molecule has 3 aromatic rings. The van der Waals surface area contributed by atoms with Gasteiger partial charge in [0.25, 0.3) is 5.89 Å². The van der Waals surface area contributed by atoms with Gasteiger partial charge in [0, 0.05) is 29.1 Å². The minimum Gasteiger partial charge on any atom is -0.452 e. The number of esters is 1. The van der Waals surface area contributed by atoms with Crippen LogP contribution in [-0.2, 0) is 16.1 Å². The predicted molar refractivity (Wildman–Crippen MR) is 106 cm³/mol. The predicted octanol–water partition coefficient (Wildman–Crippen LogP) is 4.90. The Morgan fingerprint density at radius 2 is 2.14 bits per heavy atom. The number of carbonyl (C=O) groups excluding carboxylic acids is 1. The maximum absolute atomic E-state index is 12.0. The van der Waals surface area contributed by atoms with Crippen LogP contribution in [0, 0.1) is 13.8 Å². The van der Waals surface area contributed by atoms with Crippen molar-refractivity contribution in [3.8, 4) is 11.4 Å². The normalized spacial score (nSPS) is 14.0. The largest absolute Gasteiger partial charge is 0.452 e. The number of carbonyl (C=O) groups is 1. The molecule has 1 fully saturated rings. The van der Waals surface area contributed by atoms with Crippen molar-refractivity contribution < 1.29 is 14.1 Å². The van der Waals surface area contributed by atoms with Gasteiger partial charge < -0.3 is 13.8 Å². The van der Waals surface area contributed by atoms with Gasteiger partial charge in [0.2, 0.25) is 5.82 Å². The van der Waals surface area contributed by atoms with Crippen molar-refractivity contribution in [1.29, 1.82) is 0 Å². The number of benzene rings is 1. The molecule has 0 N–H and O–H groups in total. The first-order valence-corrected chi connectivity index (χ1v) is 9.51. The first kappa shape index (κ1) is 18.5. The third-order valence-electron chi connectivity index (χ3n) is 4.76. The lowest BCUT2D eigenvalue weighted by atomic mass is 10.2. The molecule has 1 aliphatic rings. The van der Waals surface area contributed by atoms with Gasteiger partial charge in [-0.2, -0.15) is 4.98 Å². The van der Waals surface area contributed by atoms with Gasteiger partial charge in [0.05, 0.1) is 5.02 Å². The Hall–Kier alpha value is -2.86. The summed E-state index contributed by atoms with van der Waals surface area (Å²) < 4.78 is 12.7. The number of rotatable bonds is 6. The molecule has 2 aromatic heterocycles. The van der Waals surface area contributed by atoms with E-state index >= 15 is 0 Å². The number of ether oxygens (including phenoxy) is 1. The van der Waals surface area contributed by atoms with Crippen molar-refractivity contribution in [3.63, 3.8) is 0 Å². The fourth-order valence-corrected chi connectivity index (χ4v) is 3.49. The summed E-state index contributed by atoms with van der Waals surface area (Å²) in [5.74, 6) is 0.108. The topological polar surface area (TPSA) is 70.2 Å². The SMILES string of the molecule is Cc1cc(/C=C/C(=O)OCc2nc(-c3ccccc3Cl)no2)c(C)n1C1CC1. The minimum absolute atomic E-state index is 0.0955. The molecule has 0 unspecified atom stereocenters. The molecular formula is C21H20ClN3O3. The van der Waals surface area contributed by atoms with E-state index in [0.717, 1.165) is 5.56 Å². The van der Waals surface area contributed by atoms with E-state index in [4.69, 9.17) is 20.9 Å². The van der Waals surface area contributed by atoms with Crippen LogP contribution in [0.3, 0.4) is 0 Å². The second kappa shape index (κ2) is 7.64. The molecule has 0 saturated heterocycles. The Balaban J connectivity index is 1.37. The lowest BCUT2D eigenvalue weighted by Gasteiger charge is -2.06. The molecule has 7 heteroatoms. The van der Waals surface area contributed by atoms with Gasteiger partial charge in [-0.3, -0.25) is 0 Å². The first-order chi connectivity index (χ1) is 13.5.